The van der Waals surface area contributed by atoms with Crippen molar-refractivity contribution in [2.75, 3.05) is 56.6 Å². The lowest BCUT2D eigenvalue weighted by Crippen LogP contribution is -2.33. The molecule has 2 fully saturated rings. The van der Waals surface area contributed by atoms with E-state index < -0.39 is 0 Å². The minimum atomic E-state index is 0.115. The van der Waals surface area contributed by atoms with Crippen LogP contribution in [0.1, 0.15) is 59.5 Å². The van der Waals surface area contributed by atoms with Gasteiger partial charge in [0.15, 0.2) is 0 Å². The zero-order valence-electron chi connectivity index (χ0n) is 20.2. The summed E-state index contributed by atoms with van der Waals surface area (Å²) in [7, 11) is 4.10. The van der Waals surface area contributed by atoms with Crippen molar-refractivity contribution < 1.29 is 4.79 Å². The van der Waals surface area contributed by atoms with Crippen LogP contribution in [0.15, 0.2) is 24.3 Å². The Kier molecular flexibility index (Phi) is 6.23. The molecule has 0 aliphatic carbocycles. The number of amides is 1. The maximum absolute atomic E-state index is 13.2. The molecule has 2 aromatic rings. The van der Waals surface area contributed by atoms with Gasteiger partial charge in [-0.25, -0.2) is 9.97 Å². The van der Waals surface area contributed by atoms with Gasteiger partial charge >= 0.3 is 0 Å². The van der Waals surface area contributed by atoms with E-state index in [0.717, 1.165) is 74.4 Å². The zero-order chi connectivity index (χ0) is 22.9. The molecule has 5 rings (SSSR count). The first-order valence-corrected chi connectivity index (χ1v) is 12.4. The van der Waals surface area contributed by atoms with E-state index in [1.807, 2.05) is 31.1 Å². The number of piperidine rings is 1. The SMILES string of the molecule is CC1CCN(c2ccc(C(=O)N3CCC(c4nc5c(c(N(C)C)n4)CCNC5)C3)cc2)CC1. The number of rotatable bonds is 4. The molecule has 3 aliphatic heterocycles. The molecule has 1 aromatic heterocycles. The summed E-state index contributed by atoms with van der Waals surface area (Å²) in [5.74, 6) is 3.03. The van der Waals surface area contributed by atoms with E-state index in [1.54, 1.807) is 0 Å². The van der Waals surface area contributed by atoms with Crippen molar-refractivity contribution in [2.45, 2.75) is 45.1 Å². The molecule has 3 aliphatic rings. The van der Waals surface area contributed by atoms with Gasteiger partial charge in [-0.2, -0.15) is 0 Å². The third kappa shape index (κ3) is 4.56. The van der Waals surface area contributed by atoms with Crippen LogP contribution in [0, 0.1) is 5.92 Å². The normalized spacial score (nSPS) is 21.2. The van der Waals surface area contributed by atoms with Crippen LogP contribution >= 0.6 is 0 Å². The van der Waals surface area contributed by atoms with E-state index in [1.165, 1.54) is 24.1 Å². The molecule has 1 N–H and O–H groups in total. The highest BCUT2D eigenvalue weighted by Crippen LogP contribution is 2.31. The van der Waals surface area contributed by atoms with E-state index in [4.69, 9.17) is 9.97 Å². The molecule has 0 saturated carbocycles. The molecule has 33 heavy (non-hydrogen) atoms. The first kappa shape index (κ1) is 22.1. The molecule has 1 aromatic carbocycles. The maximum Gasteiger partial charge on any atom is 0.253 e. The van der Waals surface area contributed by atoms with Crippen molar-refractivity contribution in [3.63, 3.8) is 0 Å². The van der Waals surface area contributed by atoms with Crippen LogP contribution in [0.3, 0.4) is 0 Å². The van der Waals surface area contributed by atoms with Crippen molar-refractivity contribution in [3.8, 4) is 0 Å². The number of hydrogen-bond acceptors (Lipinski definition) is 6. The Labute approximate surface area is 197 Å². The third-order valence-corrected chi connectivity index (χ3v) is 7.46. The molecule has 176 valence electrons. The monoisotopic (exact) mass is 448 g/mol. The number of nitrogens with zero attached hydrogens (tertiary/aromatic N) is 5. The fraction of sp³-hybridized carbons (Fsp3) is 0.577. The first-order chi connectivity index (χ1) is 16.0. The van der Waals surface area contributed by atoms with E-state index in [0.29, 0.717) is 6.54 Å². The highest BCUT2D eigenvalue weighted by molar-refractivity contribution is 5.94. The van der Waals surface area contributed by atoms with E-state index in [2.05, 4.69) is 34.2 Å². The average Bonchev–Trinajstić information content (AvgIpc) is 3.34. The Morgan fingerprint density at radius 3 is 2.55 bits per heavy atom. The summed E-state index contributed by atoms with van der Waals surface area (Å²) in [4.78, 5) is 29.6. The molecule has 7 nitrogen and oxygen atoms in total. The van der Waals surface area contributed by atoms with Gasteiger partial charge in [-0.1, -0.05) is 6.92 Å². The van der Waals surface area contributed by atoms with Crippen LogP contribution < -0.4 is 15.1 Å². The maximum atomic E-state index is 13.2. The number of nitrogens with one attached hydrogen (secondary N) is 1. The summed E-state index contributed by atoms with van der Waals surface area (Å²) >= 11 is 0. The number of carbonyl (C=O) groups is 1. The van der Waals surface area contributed by atoms with Crippen molar-refractivity contribution in [1.29, 1.82) is 0 Å². The number of carbonyl (C=O) groups excluding carboxylic acids is 1. The van der Waals surface area contributed by atoms with Crippen LogP contribution in [0.25, 0.3) is 0 Å². The predicted molar refractivity (Wildman–Crippen MR) is 132 cm³/mol. The second kappa shape index (κ2) is 9.29. The minimum absolute atomic E-state index is 0.115. The van der Waals surface area contributed by atoms with Gasteiger partial charge in [0, 0.05) is 69.6 Å². The van der Waals surface area contributed by atoms with Crippen molar-refractivity contribution in [1.82, 2.24) is 20.2 Å². The number of aromatic nitrogens is 2. The summed E-state index contributed by atoms with van der Waals surface area (Å²) in [5.41, 5.74) is 4.37. The summed E-state index contributed by atoms with van der Waals surface area (Å²) in [6.07, 6.45) is 4.36. The molecule has 7 heteroatoms. The Balaban J connectivity index is 1.27. The quantitative estimate of drug-likeness (QED) is 0.776. The van der Waals surface area contributed by atoms with Gasteiger partial charge in [0.1, 0.15) is 11.6 Å². The number of fused-ring (bicyclic) bond motifs is 1. The summed E-state index contributed by atoms with van der Waals surface area (Å²) in [6.45, 7) is 7.74. The molecule has 2 saturated heterocycles. The van der Waals surface area contributed by atoms with Gasteiger partial charge in [-0.15, -0.1) is 0 Å². The Morgan fingerprint density at radius 1 is 1.06 bits per heavy atom. The molecule has 0 spiro atoms. The lowest BCUT2D eigenvalue weighted by molar-refractivity contribution is 0.0790. The van der Waals surface area contributed by atoms with Crippen molar-refractivity contribution in [2.24, 2.45) is 5.92 Å². The third-order valence-electron chi connectivity index (χ3n) is 7.46. The Bertz CT molecular complexity index is 997. The van der Waals surface area contributed by atoms with Crippen LogP contribution in [-0.2, 0) is 13.0 Å². The van der Waals surface area contributed by atoms with Gasteiger partial charge in [0.05, 0.1) is 5.69 Å². The van der Waals surface area contributed by atoms with E-state index >= 15 is 0 Å². The zero-order valence-corrected chi connectivity index (χ0v) is 20.2. The molecule has 0 bridgehead atoms. The minimum Gasteiger partial charge on any atom is -0.372 e. The van der Waals surface area contributed by atoms with Gasteiger partial charge < -0.3 is 20.0 Å². The van der Waals surface area contributed by atoms with Gasteiger partial charge in [-0.3, -0.25) is 4.79 Å². The molecule has 1 atom stereocenters. The van der Waals surface area contributed by atoms with Gasteiger partial charge in [0.25, 0.3) is 5.91 Å². The second-order valence-corrected chi connectivity index (χ2v) is 10.1. The molecule has 4 heterocycles. The Hall–Kier alpha value is -2.67. The fourth-order valence-electron chi connectivity index (χ4n) is 5.33. The van der Waals surface area contributed by atoms with Crippen LogP contribution in [0.4, 0.5) is 11.5 Å². The second-order valence-electron chi connectivity index (χ2n) is 10.1. The van der Waals surface area contributed by atoms with Crippen LogP contribution in [-0.4, -0.2) is 67.6 Å². The van der Waals surface area contributed by atoms with Crippen molar-refractivity contribution in [3.05, 3.63) is 46.9 Å². The largest absolute Gasteiger partial charge is 0.372 e. The molecule has 1 unspecified atom stereocenters. The Morgan fingerprint density at radius 2 is 1.82 bits per heavy atom. The molecular formula is C26H36N6O. The number of hydrogen-bond donors (Lipinski definition) is 1. The molecule has 1 amide bonds. The standard InChI is InChI=1S/C26H36N6O/c1-18-9-13-31(14-10-18)21-6-4-19(5-7-21)26(33)32-15-11-20(17-32)24-28-23-16-27-12-8-22(23)25(29-24)30(2)3/h4-7,18,20,27H,8-17H2,1-3H3. The first-order valence-electron chi connectivity index (χ1n) is 12.4. The van der Waals surface area contributed by atoms with Crippen molar-refractivity contribution >= 4 is 17.4 Å². The van der Waals surface area contributed by atoms with Gasteiger partial charge in [-0.05, 0) is 62.4 Å². The lowest BCUT2D eigenvalue weighted by Gasteiger charge is -2.32. The highest BCUT2D eigenvalue weighted by Gasteiger charge is 2.31. The number of likely N-dealkylation sites (tertiary alicyclic amines) is 1. The average molecular weight is 449 g/mol. The van der Waals surface area contributed by atoms with E-state index in [-0.39, 0.29) is 11.8 Å². The predicted octanol–water partition coefficient (Wildman–Crippen LogP) is 3.05. The summed E-state index contributed by atoms with van der Waals surface area (Å²) < 4.78 is 0. The van der Waals surface area contributed by atoms with Gasteiger partial charge in [0.2, 0.25) is 0 Å². The lowest BCUT2D eigenvalue weighted by atomic mass is 9.98. The summed E-state index contributed by atoms with van der Waals surface area (Å²) in [5, 5.41) is 3.43. The number of anilines is 2. The van der Waals surface area contributed by atoms with Crippen LogP contribution in [0.2, 0.25) is 0 Å². The number of benzene rings is 1. The molecule has 0 radical (unpaired) electrons. The smallest absolute Gasteiger partial charge is 0.253 e. The fourth-order valence-corrected chi connectivity index (χ4v) is 5.33. The van der Waals surface area contributed by atoms with Crippen LogP contribution in [0.5, 0.6) is 0 Å². The molecular weight excluding hydrogens is 412 g/mol. The summed E-state index contributed by atoms with van der Waals surface area (Å²) in [6, 6.07) is 8.21. The van der Waals surface area contributed by atoms with E-state index in [9.17, 15) is 4.79 Å². The topological polar surface area (TPSA) is 64.6 Å². The highest BCUT2D eigenvalue weighted by atomic mass is 16.2.